The van der Waals surface area contributed by atoms with Crippen molar-refractivity contribution in [3.63, 3.8) is 0 Å². The normalized spacial score (nSPS) is 17.8. The maximum Gasteiger partial charge on any atom is 0.357 e. The van der Waals surface area contributed by atoms with Gasteiger partial charge in [-0.2, -0.15) is 5.10 Å². The number of anilines is 1. The predicted molar refractivity (Wildman–Crippen MR) is 77.1 cm³/mol. The molecule has 22 heavy (non-hydrogen) atoms. The number of nitrogen functional groups attached to an aromatic ring is 1. The van der Waals surface area contributed by atoms with Crippen LogP contribution in [0.4, 0.5) is 5.82 Å². The zero-order valence-corrected chi connectivity index (χ0v) is 11.6. The molecule has 3 heterocycles. The molecule has 9 heteroatoms. The minimum absolute atomic E-state index is 0.0747. The number of aromatic carboxylic acids is 1. The highest BCUT2D eigenvalue weighted by Crippen LogP contribution is 2.28. The van der Waals surface area contributed by atoms with E-state index >= 15 is 0 Å². The Morgan fingerprint density at radius 3 is 2.91 bits per heavy atom. The van der Waals surface area contributed by atoms with Crippen LogP contribution >= 0.6 is 0 Å². The molecule has 0 spiro atoms. The molecule has 0 saturated carbocycles. The van der Waals surface area contributed by atoms with Crippen LogP contribution in [-0.2, 0) is 4.79 Å². The van der Waals surface area contributed by atoms with Gasteiger partial charge in [0.25, 0.3) is 0 Å². The third kappa shape index (κ3) is 2.07. The first kappa shape index (κ1) is 14.0. The van der Waals surface area contributed by atoms with Gasteiger partial charge >= 0.3 is 5.97 Å². The van der Waals surface area contributed by atoms with Gasteiger partial charge < -0.3 is 15.7 Å². The Balaban J connectivity index is 2.05. The highest BCUT2D eigenvalue weighted by Gasteiger charge is 2.30. The SMILES string of the molecule is C=CC(=O)N1CC[C@@H](n2nc(C(=O)O)c3c(N)ncnc32)C1. The van der Waals surface area contributed by atoms with Crippen LogP contribution in [-0.4, -0.2) is 54.7 Å². The van der Waals surface area contributed by atoms with Crippen molar-refractivity contribution >= 4 is 28.7 Å². The summed E-state index contributed by atoms with van der Waals surface area (Å²) in [5.41, 5.74) is 5.94. The molecule has 3 rings (SSSR count). The maximum atomic E-state index is 11.7. The molecule has 2 aromatic heterocycles. The van der Waals surface area contributed by atoms with Gasteiger partial charge in [0.2, 0.25) is 5.91 Å². The number of amides is 1. The maximum absolute atomic E-state index is 11.7. The average Bonchev–Trinajstić information content (AvgIpc) is 3.11. The van der Waals surface area contributed by atoms with Crippen molar-refractivity contribution < 1.29 is 14.7 Å². The topological polar surface area (TPSA) is 127 Å². The van der Waals surface area contributed by atoms with E-state index in [4.69, 9.17) is 5.73 Å². The van der Waals surface area contributed by atoms with Crippen molar-refractivity contribution in [1.82, 2.24) is 24.6 Å². The molecule has 0 aromatic carbocycles. The van der Waals surface area contributed by atoms with E-state index in [9.17, 15) is 14.7 Å². The number of hydrogen-bond donors (Lipinski definition) is 2. The number of carboxylic acids is 1. The van der Waals surface area contributed by atoms with Crippen LogP contribution < -0.4 is 5.73 Å². The second kappa shape index (κ2) is 5.10. The molecule has 114 valence electrons. The molecule has 9 nitrogen and oxygen atoms in total. The molecule has 2 aromatic rings. The van der Waals surface area contributed by atoms with Gasteiger partial charge in [0.1, 0.15) is 12.1 Å². The summed E-state index contributed by atoms with van der Waals surface area (Å²) in [4.78, 5) is 32.6. The van der Waals surface area contributed by atoms with E-state index in [1.54, 1.807) is 4.90 Å². The van der Waals surface area contributed by atoms with E-state index in [0.29, 0.717) is 25.2 Å². The number of carbonyl (C=O) groups is 2. The average molecular weight is 302 g/mol. The molecule has 0 bridgehead atoms. The molecular weight excluding hydrogens is 288 g/mol. The largest absolute Gasteiger partial charge is 0.476 e. The predicted octanol–water partition coefficient (Wildman–Crippen LogP) is 0.0661. The van der Waals surface area contributed by atoms with E-state index in [2.05, 4.69) is 21.6 Å². The molecule has 0 radical (unpaired) electrons. The zero-order valence-electron chi connectivity index (χ0n) is 11.6. The monoisotopic (exact) mass is 302 g/mol. The van der Waals surface area contributed by atoms with E-state index in [1.807, 2.05) is 0 Å². The molecule has 0 aliphatic carbocycles. The standard InChI is InChI=1S/C13H14N6O3/c1-2-8(20)18-4-3-7(5-18)19-12-9(10(17-19)13(21)22)11(14)15-6-16-12/h2,6-7H,1,3-5H2,(H,21,22)(H2,14,15,16)/t7-/m1/s1. The fourth-order valence-corrected chi connectivity index (χ4v) is 2.67. The molecule has 1 aliphatic heterocycles. The molecule has 1 atom stereocenters. The van der Waals surface area contributed by atoms with Crippen LogP contribution in [0.2, 0.25) is 0 Å². The van der Waals surface area contributed by atoms with Crippen LogP contribution in [0.5, 0.6) is 0 Å². The van der Waals surface area contributed by atoms with Crippen LogP contribution in [0.25, 0.3) is 11.0 Å². The van der Waals surface area contributed by atoms with Gasteiger partial charge in [-0.05, 0) is 12.5 Å². The lowest BCUT2D eigenvalue weighted by Crippen LogP contribution is -2.27. The molecule has 0 unspecified atom stereocenters. The lowest BCUT2D eigenvalue weighted by atomic mass is 10.2. The van der Waals surface area contributed by atoms with Crippen molar-refractivity contribution in [1.29, 1.82) is 0 Å². The van der Waals surface area contributed by atoms with Crippen LogP contribution in [0.15, 0.2) is 19.0 Å². The van der Waals surface area contributed by atoms with E-state index < -0.39 is 5.97 Å². The Morgan fingerprint density at radius 2 is 2.23 bits per heavy atom. The summed E-state index contributed by atoms with van der Waals surface area (Å²) in [6.45, 7) is 4.44. The minimum atomic E-state index is -1.19. The van der Waals surface area contributed by atoms with E-state index in [-0.39, 0.29) is 28.8 Å². The van der Waals surface area contributed by atoms with Crippen LogP contribution in [0, 0.1) is 0 Å². The zero-order chi connectivity index (χ0) is 15.9. The Morgan fingerprint density at radius 1 is 1.45 bits per heavy atom. The number of nitrogens with zero attached hydrogens (tertiary/aromatic N) is 5. The first-order chi connectivity index (χ1) is 10.5. The number of carbonyl (C=O) groups excluding carboxylic acids is 1. The fraction of sp³-hybridized carbons (Fsp3) is 0.308. The quantitative estimate of drug-likeness (QED) is 0.768. The third-order valence-electron chi connectivity index (χ3n) is 3.72. The highest BCUT2D eigenvalue weighted by atomic mass is 16.4. The number of fused-ring (bicyclic) bond motifs is 1. The molecule has 1 aliphatic rings. The fourth-order valence-electron chi connectivity index (χ4n) is 2.67. The third-order valence-corrected chi connectivity index (χ3v) is 3.72. The van der Waals surface area contributed by atoms with Crippen LogP contribution in [0.3, 0.4) is 0 Å². The number of aromatic nitrogens is 4. The molecule has 3 N–H and O–H groups in total. The van der Waals surface area contributed by atoms with Gasteiger partial charge in [0.15, 0.2) is 11.3 Å². The van der Waals surface area contributed by atoms with E-state index in [1.165, 1.54) is 17.1 Å². The molecule has 1 amide bonds. The van der Waals surface area contributed by atoms with Crippen molar-refractivity contribution in [3.05, 3.63) is 24.7 Å². The Hall–Kier alpha value is -2.97. The minimum Gasteiger partial charge on any atom is -0.476 e. The number of rotatable bonds is 3. The number of hydrogen-bond acceptors (Lipinski definition) is 6. The van der Waals surface area contributed by atoms with E-state index in [0.717, 1.165) is 0 Å². The number of nitrogens with two attached hydrogens (primary N) is 1. The second-order valence-corrected chi connectivity index (χ2v) is 4.99. The van der Waals surface area contributed by atoms with Gasteiger partial charge in [-0.1, -0.05) is 6.58 Å². The number of likely N-dealkylation sites (tertiary alicyclic amines) is 1. The smallest absolute Gasteiger partial charge is 0.357 e. The van der Waals surface area contributed by atoms with Gasteiger partial charge in [-0.15, -0.1) is 0 Å². The molecular formula is C13H14N6O3. The van der Waals surface area contributed by atoms with Gasteiger partial charge in [0, 0.05) is 13.1 Å². The summed E-state index contributed by atoms with van der Waals surface area (Å²) in [5.74, 6) is -1.28. The summed E-state index contributed by atoms with van der Waals surface area (Å²) in [5, 5.41) is 13.6. The van der Waals surface area contributed by atoms with Gasteiger partial charge in [-0.3, -0.25) is 4.79 Å². The highest BCUT2D eigenvalue weighted by molar-refractivity contribution is 6.04. The first-order valence-corrected chi connectivity index (χ1v) is 6.66. The summed E-state index contributed by atoms with van der Waals surface area (Å²) in [6, 6.07) is -0.159. The lowest BCUT2D eigenvalue weighted by molar-refractivity contribution is -0.125. The molecule has 1 saturated heterocycles. The van der Waals surface area contributed by atoms with Crippen molar-refractivity contribution in [2.75, 3.05) is 18.8 Å². The molecule has 1 fully saturated rings. The Kier molecular flexibility index (Phi) is 3.24. The van der Waals surface area contributed by atoms with Crippen LogP contribution in [0.1, 0.15) is 23.0 Å². The van der Waals surface area contributed by atoms with Crippen molar-refractivity contribution in [3.8, 4) is 0 Å². The van der Waals surface area contributed by atoms with Gasteiger partial charge in [0.05, 0.1) is 11.4 Å². The summed E-state index contributed by atoms with van der Waals surface area (Å²) in [7, 11) is 0. The summed E-state index contributed by atoms with van der Waals surface area (Å²) < 4.78 is 1.52. The summed E-state index contributed by atoms with van der Waals surface area (Å²) >= 11 is 0. The lowest BCUT2D eigenvalue weighted by Gasteiger charge is -2.14. The Labute approximate surface area is 125 Å². The second-order valence-electron chi connectivity index (χ2n) is 4.99. The van der Waals surface area contributed by atoms with Crippen molar-refractivity contribution in [2.24, 2.45) is 0 Å². The van der Waals surface area contributed by atoms with Gasteiger partial charge in [-0.25, -0.2) is 19.4 Å². The first-order valence-electron chi connectivity index (χ1n) is 6.66. The Bertz CT molecular complexity index is 783. The summed E-state index contributed by atoms with van der Waals surface area (Å²) in [6.07, 6.45) is 3.18. The number of carboxylic acid groups (broad SMARTS) is 1. The van der Waals surface area contributed by atoms with Crippen molar-refractivity contribution in [2.45, 2.75) is 12.5 Å².